The summed E-state index contributed by atoms with van der Waals surface area (Å²) in [6, 6.07) is 8.33. The lowest BCUT2D eigenvalue weighted by atomic mass is 10.0. The van der Waals surface area contributed by atoms with Crippen molar-refractivity contribution in [1.29, 1.82) is 0 Å². The summed E-state index contributed by atoms with van der Waals surface area (Å²) in [5, 5.41) is 7.29. The van der Waals surface area contributed by atoms with E-state index in [1.165, 1.54) is 5.56 Å². The van der Waals surface area contributed by atoms with Crippen molar-refractivity contribution in [3.63, 3.8) is 0 Å². The summed E-state index contributed by atoms with van der Waals surface area (Å²) in [7, 11) is 5.46. The van der Waals surface area contributed by atoms with E-state index in [2.05, 4.69) is 42.1 Å². The maximum atomic E-state index is 13.0. The van der Waals surface area contributed by atoms with Crippen LogP contribution in [0.15, 0.2) is 24.3 Å². The van der Waals surface area contributed by atoms with Crippen molar-refractivity contribution in [3.05, 3.63) is 41.2 Å². The molecule has 170 valence electrons. The molecule has 1 N–H and O–H groups in total. The molecule has 3 rings (SSSR count). The van der Waals surface area contributed by atoms with Gasteiger partial charge >= 0.3 is 0 Å². The lowest BCUT2D eigenvalue weighted by Gasteiger charge is -2.37. The quantitative estimate of drug-likeness (QED) is 0.663. The minimum Gasteiger partial charge on any atom is -0.493 e. The number of hydrogen-bond donors (Lipinski definition) is 1. The van der Waals surface area contributed by atoms with Crippen LogP contribution in [0.25, 0.3) is 0 Å². The summed E-state index contributed by atoms with van der Waals surface area (Å²) in [4.78, 5) is 17.3. The fraction of sp³-hybridized carbons (Fsp3) is 0.583. The van der Waals surface area contributed by atoms with E-state index in [1.807, 2.05) is 23.1 Å². The Balaban J connectivity index is 1.56. The number of likely N-dealkylation sites (tertiary alicyclic amines) is 1. The third kappa shape index (κ3) is 6.00. The second kappa shape index (κ2) is 10.7. The van der Waals surface area contributed by atoms with Crippen LogP contribution in [0.2, 0.25) is 0 Å². The van der Waals surface area contributed by atoms with Gasteiger partial charge < -0.3 is 19.3 Å². The molecule has 1 aliphatic rings. The molecule has 1 saturated heterocycles. The number of likely N-dealkylation sites (N-methyl/N-ethyl adjacent to an activating group) is 1. The summed E-state index contributed by atoms with van der Waals surface area (Å²) in [6.07, 6.45) is 3.94. The van der Waals surface area contributed by atoms with Gasteiger partial charge in [-0.3, -0.25) is 9.89 Å². The first-order chi connectivity index (χ1) is 14.9. The number of aromatic amines is 1. The van der Waals surface area contributed by atoms with E-state index >= 15 is 0 Å². The molecule has 0 radical (unpaired) electrons. The highest BCUT2D eigenvalue weighted by Gasteiger charge is 2.28. The third-order valence-corrected chi connectivity index (χ3v) is 5.99. The molecule has 1 amide bonds. The molecular weight excluding hydrogens is 392 g/mol. The van der Waals surface area contributed by atoms with E-state index in [-0.39, 0.29) is 5.91 Å². The molecule has 2 aromatic rings. The van der Waals surface area contributed by atoms with Crippen LogP contribution in [0, 0.1) is 5.92 Å². The van der Waals surface area contributed by atoms with Crippen LogP contribution < -0.4 is 9.47 Å². The molecule has 31 heavy (non-hydrogen) atoms. The lowest BCUT2D eigenvalue weighted by molar-refractivity contribution is 0.0606. The molecule has 0 saturated carbocycles. The van der Waals surface area contributed by atoms with Gasteiger partial charge in [0.05, 0.1) is 14.2 Å². The largest absolute Gasteiger partial charge is 0.493 e. The number of piperidine rings is 1. The number of benzene rings is 1. The molecule has 1 aliphatic heterocycles. The number of carbonyl (C=O) groups excluding carboxylic acids is 1. The Kier molecular flexibility index (Phi) is 7.96. The highest BCUT2D eigenvalue weighted by Crippen LogP contribution is 2.28. The summed E-state index contributed by atoms with van der Waals surface area (Å²) < 4.78 is 10.7. The number of nitrogens with one attached hydrogen (secondary N) is 1. The van der Waals surface area contributed by atoms with Crippen molar-refractivity contribution in [3.8, 4) is 11.5 Å². The van der Waals surface area contributed by atoms with Crippen LogP contribution in [0.1, 0.15) is 48.4 Å². The summed E-state index contributed by atoms with van der Waals surface area (Å²) in [5.74, 6) is 2.07. The average Bonchev–Trinajstić information content (AvgIpc) is 3.24. The Bertz CT molecular complexity index is 864. The van der Waals surface area contributed by atoms with Gasteiger partial charge in [-0.15, -0.1) is 0 Å². The molecule has 1 aromatic heterocycles. The molecule has 0 spiro atoms. The van der Waals surface area contributed by atoms with Crippen molar-refractivity contribution in [2.75, 3.05) is 40.9 Å². The van der Waals surface area contributed by atoms with Crippen molar-refractivity contribution < 1.29 is 14.3 Å². The zero-order valence-electron chi connectivity index (χ0n) is 19.5. The standard InChI is InChI=1S/C24H36N4O3/c1-17(2)13-19-15-21(26-25-19)24(29)28-11-6-7-20(16-28)27(3)12-10-18-8-9-22(30-4)23(14-18)31-5/h8-9,14-15,17,20H,6-7,10-13,16H2,1-5H3,(H,25,26)/t20-/m0/s1. The first-order valence-electron chi connectivity index (χ1n) is 11.2. The third-order valence-electron chi connectivity index (χ3n) is 5.99. The van der Waals surface area contributed by atoms with Crippen LogP contribution in [0.5, 0.6) is 11.5 Å². The van der Waals surface area contributed by atoms with Crippen molar-refractivity contribution >= 4 is 5.91 Å². The fourth-order valence-electron chi connectivity index (χ4n) is 4.20. The van der Waals surface area contributed by atoms with E-state index in [4.69, 9.17) is 9.47 Å². The number of carbonyl (C=O) groups is 1. The van der Waals surface area contributed by atoms with Crippen LogP contribution in [-0.2, 0) is 12.8 Å². The second-order valence-electron chi connectivity index (χ2n) is 8.84. The van der Waals surface area contributed by atoms with Crippen molar-refractivity contribution in [2.45, 2.75) is 45.6 Å². The maximum Gasteiger partial charge on any atom is 0.274 e. The Morgan fingerprint density at radius 3 is 2.74 bits per heavy atom. The number of nitrogens with zero attached hydrogens (tertiary/aromatic N) is 3. The Morgan fingerprint density at radius 1 is 1.26 bits per heavy atom. The normalized spacial score (nSPS) is 16.7. The van der Waals surface area contributed by atoms with Gasteiger partial charge in [0.2, 0.25) is 0 Å². The zero-order valence-corrected chi connectivity index (χ0v) is 19.5. The van der Waals surface area contributed by atoms with E-state index in [1.54, 1.807) is 14.2 Å². The number of aromatic nitrogens is 2. The minimum absolute atomic E-state index is 0.0317. The first kappa shape index (κ1) is 23.1. The van der Waals surface area contributed by atoms with Crippen LogP contribution in [-0.4, -0.2) is 72.8 Å². The molecule has 0 unspecified atom stereocenters. The topological polar surface area (TPSA) is 70.7 Å². The molecule has 0 bridgehead atoms. The highest BCUT2D eigenvalue weighted by atomic mass is 16.5. The van der Waals surface area contributed by atoms with E-state index in [9.17, 15) is 4.79 Å². The number of amides is 1. The Morgan fingerprint density at radius 2 is 2.03 bits per heavy atom. The smallest absolute Gasteiger partial charge is 0.274 e. The Labute approximate surface area is 185 Å². The monoisotopic (exact) mass is 428 g/mol. The summed E-state index contributed by atoms with van der Waals surface area (Å²) in [6.45, 7) is 6.78. The van der Waals surface area contributed by atoms with Gasteiger partial charge in [-0.25, -0.2) is 0 Å². The van der Waals surface area contributed by atoms with Crippen LogP contribution >= 0.6 is 0 Å². The van der Waals surface area contributed by atoms with Gasteiger partial charge in [0.1, 0.15) is 5.69 Å². The second-order valence-corrected chi connectivity index (χ2v) is 8.84. The molecule has 1 atom stereocenters. The van der Waals surface area contributed by atoms with Gasteiger partial charge in [0.25, 0.3) is 5.91 Å². The number of H-pyrrole nitrogens is 1. The minimum atomic E-state index is 0.0317. The van der Waals surface area contributed by atoms with Crippen LogP contribution in [0.3, 0.4) is 0 Å². The molecule has 7 heteroatoms. The fourth-order valence-corrected chi connectivity index (χ4v) is 4.20. The van der Waals surface area contributed by atoms with Crippen molar-refractivity contribution in [1.82, 2.24) is 20.0 Å². The summed E-state index contributed by atoms with van der Waals surface area (Å²) in [5.41, 5.74) is 2.77. The Hall–Kier alpha value is -2.54. The predicted molar refractivity (Wildman–Crippen MR) is 122 cm³/mol. The molecule has 7 nitrogen and oxygen atoms in total. The van der Waals surface area contributed by atoms with Crippen LogP contribution in [0.4, 0.5) is 0 Å². The van der Waals surface area contributed by atoms with E-state index in [0.717, 1.165) is 62.5 Å². The average molecular weight is 429 g/mol. The van der Waals surface area contributed by atoms with Gasteiger partial charge in [-0.1, -0.05) is 19.9 Å². The molecule has 0 aliphatic carbocycles. The molecular formula is C24H36N4O3. The van der Waals surface area contributed by atoms with Gasteiger partial charge in [0.15, 0.2) is 11.5 Å². The van der Waals surface area contributed by atoms with Gasteiger partial charge in [-0.2, -0.15) is 5.10 Å². The van der Waals surface area contributed by atoms with E-state index in [0.29, 0.717) is 17.7 Å². The lowest BCUT2D eigenvalue weighted by Crippen LogP contribution is -2.49. The molecule has 2 heterocycles. The number of methoxy groups -OCH3 is 2. The van der Waals surface area contributed by atoms with Gasteiger partial charge in [0, 0.05) is 31.4 Å². The highest BCUT2D eigenvalue weighted by molar-refractivity contribution is 5.92. The maximum absolute atomic E-state index is 13.0. The molecule has 1 fully saturated rings. The van der Waals surface area contributed by atoms with E-state index < -0.39 is 0 Å². The number of ether oxygens (including phenoxy) is 2. The SMILES string of the molecule is COc1ccc(CCN(C)[C@H]2CCCN(C(=O)c3cc(CC(C)C)[nH]n3)C2)cc1OC. The number of rotatable bonds is 9. The summed E-state index contributed by atoms with van der Waals surface area (Å²) >= 11 is 0. The molecule has 1 aromatic carbocycles. The van der Waals surface area contributed by atoms with Gasteiger partial charge in [-0.05, 0) is 62.4 Å². The predicted octanol–water partition coefficient (Wildman–Crippen LogP) is 3.40. The zero-order chi connectivity index (χ0) is 22.4. The number of hydrogen-bond acceptors (Lipinski definition) is 5. The van der Waals surface area contributed by atoms with Crippen molar-refractivity contribution in [2.24, 2.45) is 5.92 Å². The first-order valence-corrected chi connectivity index (χ1v) is 11.2.